The van der Waals surface area contributed by atoms with Crippen LogP contribution < -0.4 is 10.5 Å². The van der Waals surface area contributed by atoms with Gasteiger partial charge in [-0.3, -0.25) is 0 Å². The SMILES string of the molecule is NS(=O)(=O)c1ccccc1NCc1ccno1. The normalized spacial score (nSPS) is 11.4. The van der Waals surface area contributed by atoms with Gasteiger partial charge in [0, 0.05) is 6.07 Å². The zero-order valence-electron chi connectivity index (χ0n) is 8.83. The number of nitrogens with two attached hydrogens (primary N) is 1. The maximum atomic E-state index is 11.3. The number of nitrogens with one attached hydrogen (secondary N) is 1. The molecule has 0 amide bonds. The van der Waals surface area contributed by atoms with Crippen LogP contribution in [-0.2, 0) is 16.6 Å². The Morgan fingerprint density at radius 3 is 2.71 bits per heavy atom. The van der Waals surface area contributed by atoms with Crippen molar-refractivity contribution < 1.29 is 12.9 Å². The lowest BCUT2D eigenvalue weighted by Crippen LogP contribution is -2.14. The van der Waals surface area contributed by atoms with Crippen LogP contribution in [0, 0.1) is 0 Å². The number of rotatable bonds is 4. The smallest absolute Gasteiger partial charge is 0.240 e. The van der Waals surface area contributed by atoms with Gasteiger partial charge in [0.1, 0.15) is 4.90 Å². The summed E-state index contributed by atoms with van der Waals surface area (Å²) in [6, 6.07) is 8.09. The number of para-hydroxylation sites is 1. The van der Waals surface area contributed by atoms with E-state index >= 15 is 0 Å². The zero-order valence-corrected chi connectivity index (χ0v) is 9.65. The molecule has 0 atom stereocenters. The average molecular weight is 253 g/mol. The number of benzene rings is 1. The second kappa shape index (κ2) is 4.56. The van der Waals surface area contributed by atoms with E-state index in [4.69, 9.17) is 9.66 Å². The Kier molecular flexibility index (Phi) is 3.12. The molecule has 7 heteroatoms. The molecule has 0 spiro atoms. The van der Waals surface area contributed by atoms with Gasteiger partial charge in [-0.15, -0.1) is 0 Å². The summed E-state index contributed by atoms with van der Waals surface area (Å²) in [7, 11) is -3.73. The van der Waals surface area contributed by atoms with Crippen LogP contribution in [0.25, 0.3) is 0 Å². The van der Waals surface area contributed by atoms with Crippen molar-refractivity contribution in [1.82, 2.24) is 5.16 Å². The molecule has 17 heavy (non-hydrogen) atoms. The minimum atomic E-state index is -3.73. The molecule has 0 fully saturated rings. The van der Waals surface area contributed by atoms with E-state index in [1.807, 2.05) is 0 Å². The van der Waals surface area contributed by atoms with Crippen LogP contribution in [0.15, 0.2) is 45.9 Å². The minimum Gasteiger partial charge on any atom is -0.377 e. The van der Waals surface area contributed by atoms with Crippen molar-refractivity contribution in [2.45, 2.75) is 11.4 Å². The van der Waals surface area contributed by atoms with E-state index in [0.717, 1.165) is 0 Å². The van der Waals surface area contributed by atoms with Crippen LogP contribution in [0.5, 0.6) is 0 Å². The van der Waals surface area contributed by atoms with Crippen molar-refractivity contribution in [3.8, 4) is 0 Å². The fourth-order valence-electron chi connectivity index (χ4n) is 1.38. The maximum Gasteiger partial charge on any atom is 0.240 e. The number of primary sulfonamides is 1. The molecule has 2 aromatic rings. The van der Waals surface area contributed by atoms with E-state index in [2.05, 4.69) is 10.5 Å². The Morgan fingerprint density at radius 1 is 1.29 bits per heavy atom. The zero-order chi connectivity index (χ0) is 12.3. The van der Waals surface area contributed by atoms with Gasteiger partial charge < -0.3 is 9.84 Å². The predicted octanol–water partition coefficient (Wildman–Crippen LogP) is 0.934. The van der Waals surface area contributed by atoms with Crippen LogP contribution in [0.4, 0.5) is 5.69 Å². The van der Waals surface area contributed by atoms with Crippen molar-refractivity contribution in [3.05, 3.63) is 42.3 Å². The monoisotopic (exact) mass is 253 g/mol. The summed E-state index contributed by atoms with van der Waals surface area (Å²) < 4.78 is 27.5. The highest BCUT2D eigenvalue weighted by Crippen LogP contribution is 2.19. The summed E-state index contributed by atoms with van der Waals surface area (Å²) in [5.41, 5.74) is 0.436. The number of sulfonamides is 1. The lowest BCUT2D eigenvalue weighted by atomic mass is 10.3. The summed E-state index contributed by atoms with van der Waals surface area (Å²) in [6.07, 6.45) is 1.52. The van der Waals surface area contributed by atoms with E-state index in [-0.39, 0.29) is 4.90 Å². The van der Waals surface area contributed by atoms with Crippen molar-refractivity contribution in [2.24, 2.45) is 5.14 Å². The van der Waals surface area contributed by atoms with E-state index in [1.54, 1.807) is 24.3 Å². The third-order valence-electron chi connectivity index (χ3n) is 2.14. The molecule has 0 unspecified atom stereocenters. The van der Waals surface area contributed by atoms with Crippen molar-refractivity contribution in [1.29, 1.82) is 0 Å². The fraction of sp³-hybridized carbons (Fsp3) is 0.100. The van der Waals surface area contributed by atoms with Crippen LogP contribution in [0.3, 0.4) is 0 Å². The molecule has 0 saturated carbocycles. The van der Waals surface area contributed by atoms with Crippen molar-refractivity contribution in [2.75, 3.05) is 5.32 Å². The molecule has 1 aromatic carbocycles. The highest BCUT2D eigenvalue weighted by Gasteiger charge is 2.12. The van der Waals surface area contributed by atoms with Crippen LogP contribution in [0.2, 0.25) is 0 Å². The number of hydrogen-bond acceptors (Lipinski definition) is 5. The van der Waals surface area contributed by atoms with Crippen LogP contribution in [-0.4, -0.2) is 13.6 Å². The Morgan fingerprint density at radius 2 is 2.06 bits per heavy atom. The Balaban J connectivity index is 2.22. The number of nitrogens with zero attached hydrogens (tertiary/aromatic N) is 1. The molecule has 3 N–H and O–H groups in total. The molecule has 0 bridgehead atoms. The van der Waals surface area contributed by atoms with E-state index in [9.17, 15) is 8.42 Å². The predicted molar refractivity (Wildman–Crippen MR) is 61.6 cm³/mol. The molecule has 0 aliphatic rings. The largest absolute Gasteiger partial charge is 0.377 e. The van der Waals surface area contributed by atoms with Gasteiger partial charge in [0.05, 0.1) is 18.4 Å². The van der Waals surface area contributed by atoms with Crippen molar-refractivity contribution >= 4 is 15.7 Å². The molecule has 90 valence electrons. The van der Waals surface area contributed by atoms with Gasteiger partial charge in [-0.2, -0.15) is 0 Å². The molecule has 6 nitrogen and oxygen atoms in total. The molecule has 2 rings (SSSR count). The third-order valence-corrected chi connectivity index (χ3v) is 3.11. The number of hydrogen-bond donors (Lipinski definition) is 2. The summed E-state index contributed by atoms with van der Waals surface area (Å²) in [6.45, 7) is 0.340. The molecular formula is C10H11N3O3S. The molecule has 0 aliphatic carbocycles. The van der Waals surface area contributed by atoms with E-state index < -0.39 is 10.0 Å². The minimum absolute atomic E-state index is 0.0551. The summed E-state index contributed by atoms with van der Waals surface area (Å²) >= 11 is 0. The van der Waals surface area contributed by atoms with Gasteiger partial charge in [-0.05, 0) is 12.1 Å². The number of aromatic nitrogens is 1. The van der Waals surface area contributed by atoms with Gasteiger partial charge in [0.25, 0.3) is 0 Å². The summed E-state index contributed by atoms with van der Waals surface area (Å²) in [5.74, 6) is 0.606. The first kappa shape index (κ1) is 11.6. The quantitative estimate of drug-likeness (QED) is 0.844. The molecule has 1 heterocycles. The van der Waals surface area contributed by atoms with Crippen molar-refractivity contribution in [3.63, 3.8) is 0 Å². The molecule has 0 aliphatic heterocycles. The van der Waals surface area contributed by atoms with Gasteiger partial charge in [-0.25, -0.2) is 13.6 Å². The Labute approximate surface area is 98.5 Å². The van der Waals surface area contributed by atoms with E-state index in [0.29, 0.717) is 18.0 Å². The Hall–Kier alpha value is -1.86. The molecule has 0 saturated heterocycles. The lowest BCUT2D eigenvalue weighted by Gasteiger charge is -2.08. The second-order valence-electron chi connectivity index (χ2n) is 3.37. The summed E-state index contributed by atoms with van der Waals surface area (Å²) in [5, 5.41) is 11.6. The molecular weight excluding hydrogens is 242 g/mol. The Bertz CT molecular complexity index is 593. The van der Waals surface area contributed by atoms with Gasteiger partial charge in [-0.1, -0.05) is 17.3 Å². The topological polar surface area (TPSA) is 98.2 Å². The molecule has 1 aromatic heterocycles. The van der Waals surface area contributed by atoms with Gasteiger partial charge >= 0.3 is 0 Å². The first-order valence-electron chi connectivity index (χ1n) is 4.82. The van der Waals surface area contributed by atoms with E-state index in [1.165, 1.54) is 12.3 Å². The maximum absolute atomic E-state index is 11.3. The van der Waals surface area contributed by atoms with Crippen LogP contribution in [0.1, 0.15) is 5.76 Å². The number of anilines is 1. The summed E-state index contributed by atoms with van der Waals surface area (Å²) in [4.78, 5) is 0.0551. The lowest BCUT2D eigenvalue weighted by molar-refractivity contribution is 0.388. The fourth-order valence-corrected chi connectivity index (χ4v) is 2.09. The highest BCUT2D eigenvalue weighted by molar-refractivity contribution is 7.89. The van der Waals surface area contributed by atoms with Gasteiger partial charge in [0.2, 0.25) is 10.0 Å². The first-order chi connectivity index (χ1) is 8.07. The third kappa shape index (κ3) is 2.83. The second-order valence-corrected chi connectivity index (χ2v) is 4.90. The first-order valence-corrected chi connectivity index (χ1v) is 6.37. The standard InChI is InChI=1S/C10H11N3O3S/c11-17(14,15)10-4-2-1-3-9(10)12-7-8-5-6-13-16-8/h1-6,12H,7H2,(H2,11,14,15). The molecule has 0 radical (unpaired) electrons. The average Bonchev–Trinajstić information content (AvgIpc) is 2.78. The highest BCUT2D eigenvalue weighted by atomic mass is 32.2. The van der Waals surface area contributed by atoms with Gasteiger partial charge in [0.15, 0.2) is 5.76 Å². The van der Waals surface area contributed by atoms with Crippen LogP contribution >= 0.6 is 0 Å².